The van der Waals surface area contributed by atoms with Crippen LogP contribution in [-0.4, -0.2) is 22.6 Å². The monoisotopic (exact) mass is 302 g/mol. The number of carbonyl (C=O) groups excluding carboxylic acids is 1. The Labute approximate surface area is 130 Å². The molecule has 0 saturated heterocycles. The molecular formula is C17H22N2O3. The molecule has 5 heteroatoms. The predicted molar refractivity (Wildman–Crippen MR) is 83.5 cm³/mol. The summed E-state index contributed by atoms with van der Waals surface area (Å²) < 4.78 is 5.31. The van der Waals surface area contributed by atoms with Crippen LogP contribution in [0.25, 0.3) is 0 Å². The zero-order valence-electron chi connectivity index (χ0n) is 13.4. The van der Waals surface area contributed by atoms with Crippen LogP contribution in [0.4, 0.5) is 0 Å². The van der Waals surface area contributed by atoms with Crippen LogP contribution >= 0.6 is 0 Å². The van der Waals surface area contributed by atoms with Crippen molar-refractivity contribution < 1.29 is 14.3 Å². The summed E-state index contributed by atoms with van der Waals surface area (Å²) in [6.45, 7) is 7.18. The average Bonchev–Trinajstić information content (AvgIpc) is 2.84. The second-order valence-electron chi connectivity index (χ2n) is 6.10. The minimum absolute atomic E-state index is 0.0519. The summed E-state index contributed by atoms with van der Waals surface area (Å²) in [4.78, 5) is 16.6. The number of oxazole rings is 1. The fourth-order valence-electron chi connectivity index (χ4n) is 2.41. The number of aliphatic hydroxyl groups excluding tert-OH is 1. The molecule has 2 N–H and O–H groups in total. The highest BCUT2D eigenvalue weighted by Crippen LogP contribution is 2.33. The molecule has 0 aliphatic rings. The summed E-state index contributed by atoms with van der Waals surface area (Å²) in [7, 11) is 0. The van der Waals surface area contributed by atoms with Crippen LogP contribution in [0.5, 0.6) is 0 Å². The van der Waals surface area contributed by atoms with Crippen molar-refractivity contribution in [2.75, 3.05) is 6.61 Å². The van der Waals surface area contributed by atoms with Crippen LogP contribution < -0.4 is 5.32 Å². The van der Waals surface area contributed by atoms with Gasteiger partial charge in [-0.25, -0.2) is 4.98 Å². The average molecular weight is 302 g/mol. The molecule has 0 aliphatic heterocycles. The number of benzene rings is 1. The zero-order valence-corrected chi connectivity index (χ0v) is 13.4. The maximum Gasteiger partial charge on any atom is 0.274 e. The maximum atomic E-state index is 12.5. The summed E-state index contributed by atoms with van der Waals surface area (Å²) in [6, 6.07) is 9.27. The number of nitrogens with one attached hydrogen (secondary N) is 1. The third kappa shape index (κ3) is 3.36. The molecule has 0 aliphatic carbocycles. The molecule has 22 heavy (non-hydrogen) atoms. The number of carbonyl (C=O) groups is 1. The topological polar surface area (TPSA) is 75.4 Å². The molecule has 1 aromatic heterocycles. The smallest absolute Gasteiger partial charge is 0.274 e. The molecule has 0 spiro atoms. The van der Waals surface area contributed by atoms with Gasteiger partial charge in [0.05, 0.1) is 12.6 Å². The summed E-state index contributed by atoms with van der Waals surface area (Å²) in [5, 5.41) is 12.7. The van der Waals surface area contributed by atoms with Crippen molar-refractivity contribution in [3.05, 3.63) is 53.2 Å². The van der Waals surface area contributed by atoms with Gasteiger partial charge in [-0.05, 0) is 12.5 Å². The van der Waals surface area contributed by atoms with Crippen LogP contribution in [0.3, 0.4) is 0 Å². The molecule has 0 radical (unpaired) electrons. The molecule has 1 amide bonds. The van der Waals surface area contributed by atoms with Gasteiger partial charge in [-0.3, -0.25) is 4.79 Å². The third-order valence-corrected chi connectivity index (χ3v) is 3.72. The van der Waals surface area contributed by atoms with Crippen LogP contribution in [0.1, 0.15) is 47.6 Å². The number of hydrogen-bond donors (Lipinski definition) is 2. The van der Waals surface area contributed by atoms with Crippen molar-refractivity contribution in [1.29, 1.82) is 0 Å². The van der Waals surface area contributed by atoms with E-state index in [-0.39, 0.29) is 24.2 Å². The van der Waals surface area contributed by atoms with Crippen LogP contribution in [-0.2, 0) is 0 Å². The molecule has 1 aromatic carbocycles. The molecule has 118 valence electrons. The molecule has 2 rings (SSSR count). The third-order valence-electron chi connectivity index (χ3n) is 3.72. The van der Waals surface area contributed by atoms with E-state index in [0.29, 0.717) is 11.7 Å². The first-order chi connectivity index (χ1) is 10.3. The molecule has 1 heterocycles. The highest BCUT2D eigenvalue weighted by atomic mass is 16.4. The quantitative estimate of drug-likeness (QED) is 0.890. The molecule has 5 nitrogen and oxygen atoms in total. The first kappa shape index (κ1) is 16.2. The van der Waals surface area contributed by atoms with E-state index in [1.807, 2.05) is 44.2 Å². The largest absolute Gasteiger partial charge is 0.445 e. The van der Waals surface area contributed by atoms with Gasteiger partial charge in [-0.1, -0.05) is 44.2 Å². The highest BCUT2D eigenvalue weighted by molar-refractivity contribution is 5.93. The summed E-state index contributed by atoms with van der Waals surface area (Å²) in [6.07, 6.45) is 0. The van der Waals surface area contributed by atoms with E-state index in [1.54, 1.807) is 13.8 Å². The molecule has 0 saturated carbocycles. The maximum absolute atomic E-state index is 12.5. The van der Waals surface area contributed by atoms with E-state index in [2.05, 4.69) is 10.3 Å². The highest BCUT2D eigenvalue weighted by Gasteiger charge is 2.32. The molecule has 0 bridgehead atoms. The standard InChI is InChI=1S/C17H22N2O3/c1-11-14(18-12(2)22-11)16(21)19-15(17(3,4)10-20)13-8-6-5-7-9-13/h5-9,15,20H,10H2,1-4H3,(H,19,21). The number of aliphatic hydroxyl groups is 1. The minimum Gasteiger partial charge on any atom is -0.445 e. The first-order valence-corrected chi connectivity index (χ1v) is 7.26. The van der Waals surface area contributed by atoms with E-state index in [0.717, 1.165) is 5.56 Å². The zero-order chi connectivity index (χ0) is 16.3. The Bertz CT molecular complexity index is 647. The van der Waals surface area contributed by atoms with E-state index in [9.17, 15) is 9.90 Å². The van der Waals surface area contributed by atoms with Gasteiger partial charge in [-0.2, -0.15) is 0 Å². The normalized spacial score (nSPS) is 13.0. The van der Waals surface area contributed by atoms with E-state index in [1.165, 1.54) is 0 Å². The van der Waals surface area contributed by atoms with Gasteiger partial charge >= 0.3 is 0 Å². The lowest BCUT2D eigenvalue weighted by Gasteiger charge is -2.33. The lowest BCUT2D eigenvalue weighted by Crippen LogP contribution is -2.40. The Morgan fingerprint density at radius 2 is 1.95 bits per heavy atom. The van der Waals surface area contributed by atoms with Crippen LogP contribution in [0.15, 0.2) is 34.7 Å². The fourth-order valence-corrected chi connectivity index (χ4v) is 2.41. The molecule has 1 atom stereocenters. The number of nitrogens with zero attached hydrogens (tertiary/aromatic N) is 1. The van der Waals surface area contributed by atoms with Crippen molar-refractivity contribution >= 4 is 5.91 Å². The summed E-state index contributed by atoms with van der Waals surface area (Å²) >= 11 is 0. The van der Waals surface area contributed by atoms with Crippen LogP contribution in [0, 0.1) is 19.3 Å². The van der Waals surface area contributed by atoms with Gasteiger partial charge in [0, 0.05) is 12.3 Å². The van der Waals surface area contributed by atoms with Gasteiger partial charge in [-0.15, -0.1) is 0 Å². The molecule has 1 unspecified atom stereocenters. The van der Waals surface area contributed by atoms with Crippen molar-refractivity contribution in [2.45, 2.75) is 33.7 Å². The minimum atomic E-state index is -0.510. The van der Waals surface area contributed by atoms with Gasteiger partial charge in [0.1, 0.15) is 5.76 Å². The molecule has 2 aromatic rings. The Balaban J connectivity index is 2.31. The van der Waals surface area contributed by atoms with E-state index < -0.39 is 5.41 Å². The van der Waals surface area contributed by atoms with Crippen molar-refractivity contribution in [1.82, 2.24) is 10.3 Å². The Hall–Kier alpha value is -2.14. The lowest BCUT2D eigenvalue weighted by molar-refractivity contribution is 0.0803. The summed E-state index contributed by atoms with van der Waals surface area (Å²) in [5.41, 5.74) is 0.712. The van der Waals surface area contributed by atoms with Gasteiger partial charge in [0.2, 0.25) is 0 Å². The molecular weight excluding hydrogens is 280 g/mol. The van der Waals surface area contributed by atoms with Crippen molar-refractivity contribution in [3.8, 4) is 0 Å². The Morgan fingerprint density at radius 1 is 1.32 bits per heavy atom. The Kier molecular flexibility index (Phi) is 4.66. The number of amides is 1. The SMILES string of the molecule is Cc1nc(C(=O)NC(c2ccccc2)C(C)(C)CO)c(C)o1. The van der Waals surface area contributed by atoms with Gasteiger partial charge in [0.25, 0.3) is 5.91 Å². The summed E-state index contributed by atoms with van der Waals surface area (Å²) in [5.74, 6) is 0.647. The first-order valence-electron chi connectivity index (χ1n) is 7.26. The number of rotatable bonds is 5. The Morgan fingerprint density at radius 3 is 2.45 bits per heavy atom. The number of aromatic nitrogens is 1. The second kappa shape index (κ2) is 6.32. The fraction of sp³-hybridized carbons (Fsp3) is 0.412. The van der Waals surface area contributed by atoms with E-state index >= 15 is 0 Å². The van der Waals surface area contributed by atoms with Crippen molar-refractivity contribution in [2.24, 2.45) is 5.41 Å². The lowest BCUT2D eigenvalue weighted by atomic mass is 9.81. The van der Waals surface area contributed by atoms with Crippen molar-refractivity contribution in [3.63, 3.8) is 0 Å². The molecule has 0 fully saturated rings. The van der Waals surface area contributed by atoms with Gasteiger partial charge in [0.15, 0.2) is 11.6 Å². The van der Waals surface area contributed by atoms with Gasteiger partial charge < -0.3 is 14.8 Å². The second-order valence-corrected chi connectivity index (χ2v) is 6.10. The van der Waals surface area contributed by atoms with Crippen LogP contribution in [0.2, 0.25) is 0 Å². The number of hydrogen-bond acceptors (Lipinski definition) is 4. The predicted octanol–water partition coefficient (Wildman–Crippen LogP) is 2.78. The number of aryl methyl sites for hydroxylation is 2. The van der Waals surface area contributed by atoms with E-state index in [4.69, 9.17) is 4.42 Å².